The Balaban J connectivity index is 2.85. The van der Waals surface area contributed by atoms with Crippen molar-refractivity contribution in [3.8, 4) is 0 Å². The number of rotatable bonds is 1. The Labute approximate surface area is 55.7 Å². The summed E-state index contributed by atoms with van der Waals surface area (Å²) in [6.07, 6.45) is 0. The molecule has 0 saturated carbocycles. The first-order chi connectivity index (χ1) is 4.20. The average molecular weight is 123 g/mol. The van der Waals surface area contributed by atoms with Gasteiger partial charge in [-0.15, -0.1) is 0 Å². The lowest BCUT2D eigenvalue weighted by molar-refractivity contribution is 0.474. The molecule has 49 valence electrons. The van der Waals surface area contributed by atoms with Gasteiger partial charge in [0.1, 0.15) is 11.5 Å². The second kappa shape index (κ2) is 2.26. The van der Waals surface area contributed by atoms with Crippen molar-refractivity contribution in [1.29, 1.82) is 0 Å². The minimum atomic E-state index is 0.473. The smallest absolute Gasteiger partial charge is 0.106 e. The Morgan fingerprint density at radius 1 is 1.44 bits per heavy atom. The maximum Gasteiger partial charge on any atom is 0.106 e. The largest absolute Gasteiger partial charge is 0.466 e. The third-order valence-electron chi connectivity index (χ3n) is 1.25. The van der Waals surface area contributed by atoms with Crippen molar-refractivity contribution in [3.05, 3.63) is 30.6 Å². The predicted molar refractivity (Wildman–Crippen MR) is 37.3 cm³/mol. The zero-order valence-corrected chi connectivity index (χ0v) is 5.85. The summed E-state index contributed by atoms with van der Waals surface area (Å²) in [5, 5.41) is 0. The van der Waals surface area contributed by atoms with Crippen molar-refractivity contribution in [2.75, 3.05) is 0 Å². The van der Waals surface area contributed by atoms with E-state index >= 15 is 0 Å². The van der Waals surface area contributed by atoms with Crippen LogP contribution in [0.2, 0.25) is 0 Å². The summed E-state index contributed by atoms with van der Waals surface area (Å²) >= 11 is 0. The highest BCUT2D eigenvalue weighted by Gasteiger charge is 2.01. The monoisotopic (exact) mass is 123 g/mol. The van der Waals surface area contributed by atoms with Crippen LogP contribution in [0, 0.1) is 6.92 Å². The van der Waals surface area contributed by atoms with Crippen LogP contribution in [0.4, 0.5) is 0 Å². The molecular weight excluding hydrogens is 112 g/mol. The molecule has 0 saturated heterocycles. The van der Waals surface area contributed by atoms with Crippen molar-refractivity contribution in [2.24, 2.45) is 0 Å². The number of hydrogen-bond acceptors (Lipinski definition) is 1. The summed E-state index contributed by atoms with van der Waals surface area (Å²) in [5.74, 6) is 2.24. The van der Waals surface area contributed by atoms with E-state index in [2.05, 4.69) is 20.8 Å². The van der Waals surface area contributed by atoms with Crippen LogP contribution in [0.25, 0.3) is 0 Å². The van der Waals surface area contributed by atoms with Crippen molar-refractivity contribution in [2.45, 2.75) is 19.8 Å². The molecule has 0 aliphatic carbocycles. The first-order valence-electron chi connectivity index (χ1n) is 3.12. The normalized spacial score (nSPS) is 10.7. The third-order valence-corrected chi connectivity index (χ3v) is 1.25. The van der Waals surface area contributed by atoms with E-state index < -0.39 is 0 Å². The lowest BCUT2D eigenvalue weighted by atomic mass is 10.2. The van der Waals surface area contributed by atoms with Gasteiger partial charge in [-0.25, -0.2) is 0 Å². The summed E-state index contributed by atoms with van der Waals surface area (Å²) in [7, 11) is 0. The fourth-order valence-corrected chi connectivity index (χ4v) is 0.705. The second-order valence-corrected chi connectivity index (χ2v) is 2.46. The molecule has 1 heteroatoms. The van der Waals surface area contributed by atoms with Gasteiger partial charge in [0.15, 0.2) is 0 Å². The summed E-state index contributed by atoms with van der Waals surface area (Å²) in [4.78, 5) is 0. The van der Waals surface area contributed by atoms with Gasteiger partial charge in [0.05, 0.1) is 0 Å². The molecule has 1 aromatic heterocycles. The molecule has 0 amide bonds. The second-order valence-electron chi connectivity index (χ2n) is 2.46. The zero-order chi connectivity index (χ0) is 6.85. The van der Waals surface area contributed by atoms with E-state index in [1.165, 1.54) is 0 Å². The van der Waals surface area contributed by atoms with Gasteiger partial charge in [-0.1, -0.05) is 13.8 Å². The van der Waals surface area contributed by atoms with Crippen LogP contribution in [-0.4, -0.2) is 0 Å². The van der Waals surface area contributed by atoms with Gasteiger partial charge in [-0.05, 0) is 12.1 Å². The molecule has 1 rings (SSSR count). The van der Waals surface area contributed by atoms with Gasteiger partial charge in [0, 0.05) is 12.8 Å². The van der Waals surface area contributed by atoms with Crippen LogP contribution in [0.5, 0.6) is 0 Å². The van der Waals surface area contributed by atoms with Crippen molar-refractivity contribution in [1.82, 2.24) is 0 Å². The quantitative estimate of drug-likeness (QED) is 0.559. The summed E-state index contributed by atoms with van der Waals surface area (Å²) in [6.45, 7) is 7.85. The summed E-state index contributed by atoms with van der Waals surface area (Å²) < 4.78 is 5.23. The Morgan fingerprint density at radius 2 is 2.11 bits per heavy atom. The maximum absolute atomic E-state index is 5.23. The molecule has 0 aliphatic heterocycles. The van der Waals surface area contributed by atoms with E-state index in [1.54, 1.807) is 0 Å². The molecule has 1 heterocycles. The summed E-state index contributed by atoms with van der Waals surface area (Å²) in [5.41, 5.74) is 0. The van der Waals surface area contributed by atoms with Gasteiger partial charge in [0.25, 0.3) is 0 Å². The molecule has 0 fully saturated rings. The van der Waals surface area contributed by atoms with Gasteiger partial charge in [0.2, 0.25) is 0 Å². The molecule has 0 bridgehead atoms. The van der Waals surface area contributed by atoms with E-state index in [1.807, 2.05) is 12.1 Å². The van der Waals surface area contributed by atoms with Gasteiger partial charge in [-0.3, -0.25) is 0 Å². The highest BCUT2D eigenvalue weighted by atomic mass is 16.3. The molecule has 9 heavy (non-hydrogen) atoms. The van der Waals surface area contributed by atoms with Crippen LogP contribution < -0.4 is 0 Å². The zero-order valence-electron chi connectivity index (χ0n) is 5.85. The average Bonchev–Trinajstić information content (AvgIpc) is 2.14. The highest BCUT2D eigenvalue weighted by molar-refractivity contribution is 5.11. The standard InChI is InChI=1S/C8H11O/c1-6(2)8-5-4-7(3)9-8/h4-6H,3H2,1-2H3. The fraction of sp³-hybridized carbons (Fsp3) is 0.375. The van der Waals surface area contributed by atoms with E-state index in [0.29, 0.717) is 5.92 Å². The minimum absolute atomic E-state index is 0.473. The van der Waals surface area contributed by atoms with E-state index in [9.17, 15) is 0 Å². The van der Waals surface area contributed by atoms with Crippen molar-refractivity contribution >= 4 is 0 Å². The fourth-order valence-electron chi connectivity index (χ4n) is 0.705. The van der Waals surface area contributed by atoms with Gasteiger partial charge < -0.3 is 4.42 Å². The molecule has 1 radical (unpaired) electrons. The van der Waals surface area contributed by atoms with Gasteiger partial charge in [-0.2, -0.15) is 0 Å². The lowest BCUT2D eigenvalue weighted by Gasteiger charge is -1.96. The van der Waals surface area contributed by atoms with Crippen LogP contribution in [0.3, 0.4) is 0 Å². The Bertz CT molecular complexity index is 186. The number of furan rings is 1. The summed E-state index contributed by atoms with van der Waals surface area (Å²) in [6, 6.07) is 3.85. The first kappa shape index (κ1) is 6.40. The van der Waals surface area contributed by atoms with Crippen LogP contribution in [-0.2, 0) is 0 Å². The molecule has 0 spiro atoms. The highest BCUT2D eigenvalue weighted by Crippen LogP contribution is 2.16. The molecule has 0 atom stereocenters. The molecule has 1 nitrogen and oxygen atoms in total. The van der Waals surface area contributed by atoms with Gasteiger partial charge >= 0.3 is 0 Å². The first-order valence-corrected chi connectivity index (χ1v) is 3.12. The third kappa shape index (κ3) is 1.35. The molecule has 0 aromatic carbocycles. The predicted octanol–water partition coefficient (Wildman–Crippen LogP) is 2.59. The molecule has 1 aromatic rings. The van der Waals surface area contributed by atoms with Crippen molar-refractivity contribution < 1.29 is 4.42 Å². The molecule has 0 unspecified atom stereocenters. The van der Waals surface area contributed by atoms with E-state index in [-0.39, 0.29) is 0 Å². The van der Waals surface area contributed by atoms with E-state index in [4.69, 9.17) is 4.42 Å². The Hall–Kier alpha value is -0.720. The van der Waals surface area contributed by atoms with Crippen molar-refractivity contribution in [3.63, 3.8) is 0 Å². The van der Waals surface area contributed by atoms with Crippen LogP contribution in [0.15, 0.2) is 16.5 Å². The Kier molecular flexibility index (Phi) is 1.60. The maximum atomic E-state index is 5.23. The van der Waals surface area contributed by atoms with Crippen LogP contribution in [0.1, 0.15) is 31.3 Å². The molecule has 0 aliphatic rings. The minimum Gasteiger partial charge on any atom is -0.466 e. The molecule has 0 N–H and O–H groups in total. The SMILES string of the molecule is [CH2]c1ccc(C(C)C)o1. The van der Waals surface area contributed by atoms with E-state index in [0.717, 1.165) is 11.5 Å². The van der Waals surface area contributed by atoms with Crippen LogP contribution >= 0.6 is 0 Å². The Morgan fingerprint density at radius 3 is 2.33 bits per heavy atom. The lowest BCUT2D eigenvalue weighted by Crippen LogP contribution is -1.79. The number of hydrogen-bond donors (Lipinski definition) is 0. The topological polar surface area (TPSA) is 13.1 Å². The molecular formula is C8H11O.